The number of pyridine rings is 1. The third kappa shape index (κ3) is 2.50. The second-order valence-corrected chi connectivity index (χ2v) is 4.39. The molecule has 0 unspecified atom stereocenters. The average molecular weight is 285 g/mol. The fraction of sp³-hybridized carbons (Fsp3) is 0.154. The lowest BCUT2D eigenvalue weighted by molar-refractivity contribution is -0.383. The number of nitrogens with one attached hydrogen (secondary N) is 1. The number of hydrogen-bond acceptors (Lipinski definition) is 7. The van der Waals surface area contributed by atoms with Gasteiger partial charge in [-0.2, -0.15) is 4.98 Å². The first-order valence-corrected chi connectivity index (χ1v) is 6.19. The predicted octanol–water partition coefficient (Wildman–Crippen LogP) is 2.45. The molecule has 21 heavy (non-hydrogen) atoms. The number of non-ortho nitro benzene ring substituents is 1. The smallest absolute Gasteiger partial charge is 0.277 e. The zero-order valence-electron chi connectivity index (χ0n) is 11.1. The molecule has 3 rings (SSSR count). The zero-order chi connectivity index (χ0) is 14.8. The van der Waals surface area contributed by atoms with Gasteiger partial charge in [0.05, 0.1) is 16.9 Å². The van der Waals surface area contributed by atoms with E-state index in [1.165, 1.54) is 12.3 Å². The quantitative estimate of drug-likeness (QED) is 0.579. The van der Waals surface area contributed by atoms with Gasteiger partial charge in [-0.05, 0) is 12.1 Å². The van der Waals surface area contributed by atoms with Crippen LogP contribution in [0.5, 0.6) is 0 Å². The molecule has 0 amide bonds. The van der Waals surface area contributed by atoms with Crippen LogP contribution in [0, 0.1) is 17.0 Å². The Hall–Kier alpha value is -3.03. The molecule has 8 heteroatoms. The number of anilines is 1. The maximum Gasteiger partial charge on any atom is 0.277 e. The summed E-state index contributed by atoms with van der Waals surface area (Å²) in [6.45, 7) is 2.07. The molecule has 1 N–H and O–H groups in total. The Kier molecular flexibility index (Phi) is 3.19. The summed E-state index contributed by atoms with van der Waals surface area (Å²) in [5.41, 5.74) is 0.777. The molecule has 2 aromatic heterocycles. The first kappa shape index (κ1) is 13.0. The molecule has 0 aliphatic carbocycles. The Morgan fingerprint density at radius 2 is 2.19 bits per heavy atom. The Balaban J connectivity index is 1.96. The van der Waals surface area contributed by atoms with Gasteiger partial charge in [-0.3, -0.25) is 15.1 Å². The number of nitro groups is 1. The summed E-state index contributed by atoms with van der Waals surface area (Å²) in [5, 5.41) is 19.2. The molecule has 1 aromatic carbocycles. The first-order chi connectivity index (χ1) is 10.1. The van der Waals surface area contributed by atoms with E-state index in [2.05, 4.69) is 20.4 Å². The van der Waals surface area contributed by atoms with Gasteiger partial charge in [0.15, 0.2) is 5.82 Å². The van der Waals surface area contributed by atoms with Crippen molar-refractivity contribution in [2.24, 2.45) is 0 Å². The number of nitro benzene ring substituents is 1. The Morgan fingerprint density at radius 1 is 1.33 bits per heavy atom. The molecule has 0 atom stereocenters. The number of aromatic nitrogens is 3. The van der Waals surface area contributed by atoms with Gasteiger partial charge in [-0.15, -0.1) is 0 Å². The Bertz CT molecular complexity index is 814. The monoisotopic (exact) mass is 285 g/mol. The number of hydrogen-bond donors (Lipinski definition) is 1. The number of benzene rings is 1. The van der Waals surface area contributed by atoms with E-state index in [0.29, 0.717) is 29.0 Å². The van der Waals surface area contributed by atoms with Crippen LogP contribution in [0.25, 0.3) is 10.8 Å². The largest absolute Gasteiger partial charge is 0.377 e. The maximum absolute atomic E-state index is 11.0. The van der Waals surface area contributed by atoms with Gasteiger partial charge in [0.2, 0.25) is 5.89 Å². The summed E-state index contributed by atoms with van der Waals surface area (Å²) in [7, 11) is 0. The summed E-state index contributed by atoms with van der Waals surface area (Å²) in [6, 6.07) is 4.73. The molecule has 0 saturated carbocycles. The maximum atomic E-state index is 11.0. The van der Waals surface area contributed by atoms with Crippen molar-refractivity contribution in [3.05, 3.63) is 52.4 Å². The standard InChI is InChI=1S/C13H11N5O3/c1-8-16-13(17-21-8)7-15-11-2-3-12(18(19)20)9-4-5-14-6-10(9)11/h2-6,15H,7H2,1H3. The molecular formula is C13H11N5O3. The van der Waals surface area contributed by atoms with Crippen molar-refractivity contribution in [3.8, 4) is 0 Å². The molecule has 0 aliphatic rings. The Morgan fingerprint density at radius 3 is 2.90 bits per heavy atom. The number of aryl methyl sites for hydroxylation is 1. The van der Waals surface area contributed by atoms with Gasteiger partial charge in [0.1, 0.15) is 0 Å². The molecule has 0 spiro atoms. The van der Waals surface area contributed by atoms with Gasteiger partial charge in [0.25, 0.3) is 5.69 Å². The van der Waals surface area contributed by atoms with E-state index in [1.807, 2.05) is 0 Å². The van der Waals surface area contributed by atoms with Gasteiger partial charge < -0.3 is 9.84 Å². The third-order valence-electron chi connectivity index (χ3n) is 3.00. The highest BCUT2D eigenvalue weighted by molar-refractivity contribution is 5.99. The van der Waals surface area contributed by atoms with Crippen LogP contribution in [0.3, 0.4) is 0 Å². The van der Waals surface area contributed by atoms with E-state index in [0.717, 1.165) is 5.69 Å². The number of fused-ring (bicyclic) bond motifs is 1. The highest BCUT2D eigenvalue weighted by atomic mass is 16.6. The molecular weight excluding hydrogens is 274 g/mol. The Labute approximate surface area is 119 Å². The first-order valence-electron chi connectivity index (χ1n) is 6.19. The van der Waals surface area contributed by atoms with Crippen molar-refractivity contribution >= 4 is 22.1 Å². The minimum absolute atomic E-state index is 0.0494. The van der Waals surface area contributed by atoms with E-state index in [9.17, 15) is 10.1 Å². The summed E-state index contributed by atoms with van der Waals surface area (Å²) in [4.78, 5) is 18.7. The molecule has 0 radical (unpaired) electrons. The van der Waals surface area contributed by atoms with Gasteiger partial charge in [0, 0.05) is 36.5 Å². The van der Waals surface area contributed by atoms with Crippen molar-refractivity contribution < 1.29 is 9.45 Å². The van der Waals surface area contributed by atoms with Crippen molar-refractivity contribution in [1.29, 1.82) is 0 Å². The summed E-state index contributed by atoms with van der Waals surface area (Å²) >= 11 is 0. The highest BCUT2D eigenvalue weighted by Crippen LogP contribution is 2.30. The van der Waals surface area contributed by atoms with Gasteiger partial charge in [-0.25, -0.2) is 0 Å². The SMILES string of the molecule is Cc1nc(CNc2ccc([N+](=O)[O-])c3ccncc23)no1. The van der Waals surface area contributed by atoms with E-state index >= 15 is 0 Å². The fourth-order valence-corrected chi connectivity index (χ4v) is 2.08. The van der Waals surface area contributed by atoms with Crippen molar-refractivity contribution in [3.63, 3.8) is 0 Å². The summed E-state index contributed by atoms with van der Waals surface area (Å²) in [6.07, 6.45) is 3.12. The minimum Gasteiger partial charge on any atom is -0.377 e. The van der Waals surface area contributed by atoms with Crippen LogP contribution < -0.4 is 5.32 Å². The van der Waals surface area contributed by atoms with E-state index in [1.54, 1.807) is 25.3 Å². The second-order valence-electron chi connectivity index (χ2n) is 4.39. The van der Waals surface area contributed by atoms with Gasteiger partial charge in [-0.1, -0.05) is 5.16 Å². The van der Waals surface area contributed by atoms with Crippen LogP contribution in [0.1, 0.15) is 11.7 Å². The second kappa shape index (κ2) is 5.16. The minimum atomic E-state index is -0.408. The van der Waals surface area contributed by atoms with Crippen LogP contribution >= 0.6 is 0 Å². The van der Waals surface area contributed by atoms with Crippen molar-refractivity contribution in [1.82, 2.24) is 15.1 Å². The number of rotatable bonds is 4. The molecule has 0 aliphatic heterocycles. The molecule has 3 aromatic rings. The van der Waals surface area contributed by atoms with Crippen LogP contribution in [-0.2, 0) is 6.54 Å². The third-order valence-corrected chi connectivity index (χ3v) is 3.00. The fourth-order valence-electron chi connectivity index (χ4n) is 2.08. The van der Waals surface area contributed by atoms with Gasteiger partial charge >= 0.3 is 0 Å². The predicted molar refractivity (Wildman–Crippen MR) is 74.8 cm³/mol. The molecule has 0 fully saturated rings. The highest BCUT2D eigenvalue weighted by Gasteiger charge is 2.14. The van der Waals surface area contributed by atoms with Crippen LogP contribution in [0.15, 0.2) is 35.1 Å². The lowest BCUT2D eigenvalue weighted by Gasteiger charge is -2.08. The molecule has 106 valence electrons. The lowest BCUT2D eigenvalue weighted by Crippen LogP contribution is -2.02. The number of nitrogens with zero attached hydrogens (tertiary/aromatic N) is 4. The topological polar surface area (TPSA) is 107 Å². The van der Waals surface area contributed by atoms with E-state index < -0.39 is 4.92 Å². The van der Waals surface area contributed by atoms with Crippen LogP contribution in [0.2, 0.25) is 0 Å². The zero-order valence-corrected chi connectivity index (χ0v) is 11.1. The molecule has 2 heterocycles. The lowest BCUT2D eigenvalue weighted by atomic mass is 10.1. The molecule has 0 bridgehead atoms. The molecule has 0 saturated heterocycles. The van der Waals surface area contributed by atoms with Crippen LogP contribution in [-0.4, -0.2) is 20.0 Å². The average Bonchev–Trinajstić information content (AvgIpc) is 2.90. The van der Waals surface area contributed by atoms with Crippen molar-refractivity contribution in [2.75, 3.05) is 5.32 Å². The van der Waals surface area contributed by atoms with E-state index in [4.69, 9.17) is 4.52 Å². The van der Waals surface area contributed by atoms with Crippen LogP contribution in [0.4, 0.5) is 11.4 Å². The summed E-state index contributed by atoms with van der Waals surface area (Å²) < 4.78 is 4.89. The molecule has 8 nitrogen and oxygen atoms in total. The normalized spacial score (nSPS) is 10.7. The summed E-state index contributed by atoms with van der Waals surface area (Å²) in [5.74, 6) is 1.00. The van der Waals surface area contributed by atoms with E-state index in [-0.39, 0.29) is 5.69 Å². The van der Waals surface area contributed by atoms with Crippen molar-refractivity contribution in [2.45, 2.75) is 13.5 Å².